The van der Waals surface area contributed by atoms with Crippen molar-refractivity contribution in [1.82, 2.24) is 0 Å². The van der Waals surface area contributed by atoms with Crippen LogP contribution in [0.4, 0.5) is 0 Å². The number of esters is 1. The van der Waals surface area contributed by atoms with Crippen molar-refractivity contribution in [2.45, 2.75) is 20.0 Å². The van der Waals surface area contributed by atoms with Crippen molar-refractivity contribution in [2.75, 3.05) is 6.61 Å². The van der Waals surface area contributed by atoms with E-state index in [9.17, 15) is 9.59 Å². The fraction of sp³-hybridized carbons (Fsp3) is 0.333. The predicted molar refractivity (Wildman–Crippen MR) is 61.4 cm³/mol. The molecule has 1 aromatic rings. The maximum absolute atomic E-state index is 11.4. The van der Waals surface area contributed by atoms with Gasteiger partial charge in [-0.1, -0.05) is 12.1 Å². The first-order valence-electron chi connectivity index (χ1n) is 5.17. The van der Waals surface area contributed by atoms with Gasteiger partial charge >= 0.3 is 5.97 Å². The molecule has 2 N–H and O–H groups in total. The van der Waals surface area contributed by atoms with Gasteiger partial charge in [0.25, 0.3) is 5.91 Å². The number of aryl methyl sites for hydroxylation is 1. The van der Waals surface area contributed by atoms with Crippen molar-refractivity contribution in [2.24, 2.45) is 5.73 Å². The molecule has 0 bridgehead atoms. The number of nitrogens with two attached hydrogens (primary N) is 1. The van der Waals surface area contributed by atoms with Gasteiger partial charge in [-0.2, -0.15) is 0 Å². The van der Waals surface area contributed by atoms with Crippen LogP contribution in [0.25, 0.3) is 0 Å². The Morgan fingerprint density at radius 3 is 2.71 bits per heavy atom. The van der Waals surface area contributed by atoms with Crippen molar-refractivity contribution in [3.63, 3.8) is 0 Å². The minimum Gasteiger partial charge on any atom is -0.479 e. The Bertz CT molecular complexity index is 417. The fourth-order valence-corrected chi connectivity index (χ4v) is 1.20. The van der Waals surface area contributed by atoms with Crippen LogP contribution in [0.5, 0.6) is 5.75 Å². The molecule has 0 aliphatic carbocycles. The van der Waals surface area contributed by atoms with Crippen LogP contribution in [-0.2, 0) is 14.3 Å². The molecule has 0 aliphatic rings. The molecule has 5 heteroatoms. The average molecular weight is 237 g/mol. The van der Waals surface area contributed by atoms with Gasteiger partial charge in [-0.3, -0.25) is 4.79 Å². The molecule has 0 saturated carbocycles. The number of amides is 1. The zero-order valence-electron chi connectivity index (χ0n) is 9.80. The third-order valence-corrected chi connectivity index (χ3v) is 1.99. The van der Waals surface area contributed by atoms with E-state index >= 15 is 0 Å². The molecule has 0 aromatic heterocycles. The normalized spacial score (nSPS) is 11.6. The summed E-state index contributed by atoms with van der Waals surface area (Å²) >= 11 is 0. The molecule has 0 saturated heterocycles. The van der Waals surface area contributed by atoms with Crippen LogP contribution in [0.3, 0.4) is 0 Å². The second-order valence-electron chi connectivity index (χ2n) is 3.65. The van der Waals surface area contributed by atoms with Gasteiger partial charge in [0.15, 0.2) is 12.7 Å². The lowest BCUT2D eigenvalue weighted by atomic mass is 10.2. The first kappa shape index (κ1) is 13.0. The zero-order valence-corrected chi connectivity index (χ0v) is 9.80. The van der Waals surface area contributed by atoms with Crippen molar-refractivity contribution < 1.29 is 19.1 Å². The Morgan fingerprint density at radius 1 is 1.41 bits per heavy atom. The standard InChI is InChI=1S/C12H15NO4/c1-8-4-3-5-10(6-8)17-9(2)12(15)16-7-11(13)14/h3-6,9H,7H2,1-2H3,(H2,13,14)/t9-/m0/s1. The lowest BCUT2D eigenvalue weighted by molar-refractivity contribution is -0.154. The quantitative estimate of drug-likeness (QED) is 0.768. The van der Waals surface area contributed by atoms with Gasteiger partial charge in [0.05, 0.1) is 0 Å². The van der Waals surface area contributed by atoms with Crippen molar-refractivity contribution in [3.8, 4) is 5.75 Å². The van der Waals surface area contributed by atoms with E-state index in [4.69, 9.17) is 10.5 Å². The SMILES string of the molecule is Cc1cccc(O[C@@H](C)C(=O)OCC(N)=O)c1. The van der Waals surface area contributed by atoms with Crippen molar-refractivity contribution in [1.29, 1.82) is 0 Å². The van der Waals surface area contributed by atoms with Crippen molar-refractivity contribution >= 4 is 11.9 Å². The van der Waals surface area contributed by atoms with E-state index < -0.39 is 24.6 Å². The first-order chi connectivity index (χ1) is 7.99. The molecule has 1 amide bonds. The van der Waals surface area contributed by atoms with E-state index in [1.54, 1.807) is 19.1 Å². The van der Waals surface area contributed by atoms with Gasteiger partial charge < -0.3 is 15.2 Å². The lowest BCUT2D eigenvalue weighted by Crippen LogP contribution is -2.29. The maximum Gasteiger partial charge on any atom is 0.347 e. The summed E-state index contributed by atoms with van der Waals surface area (Å²) < 4.78 is 9.99. The van der Waals surface area contributed by atoms with E-state index in [1.807, 2.05) is 19.1 Å². The van der Waals surface area contributed by atoms with Crippen LogP contribution in [0, 0.1) is 6.92 Å². The summed E-state index contributed by atoms with van der Waals surface area (Å²) in [4.78, 5) is 21.8. The lowest BCUT2D eigenvalue weighted by Gasteiger charge is -2.13. The van der Waals surface area contributed by atoms with E-state index in [-0.39, 0.29) is 0 Å². The Balaban J connectivity index is 2.51. The number of primary amides is 1. The van der Waals surface area contributed by atoms with Gasteiger partial charge in [-0.05, 0) is 31.5 Å². The van der Waals surface area contributed by atoms with Crippen LogP contribution in [0.2, 0.25) is 0 Å². The number of benzene rings is 1. The summed E-state index contributed by atoms with van der Waals surface area (Å²) in [5.74, 6) is -0.736. The van der Waals surface area contributed by atoms with E-state index in [2.05, 4.69) is 4.74 Å². The Hall–Kier alpha value is -2.04. The molecule has 0 radical (unpaired) electrons. The Morgan fingerprint density at radius 2 is 2.12 bits per heavy atom. The highest BCUT2D eigenvalue weighted by molar-refractivity contribution is 5.80. The van der Waals surface area contributed by atoms with Crippen LogP contribution >= 0.6 is 0 Å². The number of rotatable bonds is 5. The molecule has 1 aromatic carbocycles. The third-order valence-electron chi connectivity index (χ3n) is 1.99. The fourth-order valence-electron chi connectivity index (χ4n) is 1.20. The van der Waals surface area contributed by atoms with Gasteiger partial charge in [0.1, 0.15) is 5.75 Å². The molecule has 0 heterocycles. The van der Waals surface area contributed by atoms with Crippen molar-refractivity contribution in [3.05, 3.63) is 29.8 Å². The van der Waals surface area contributed by atoms with E-state index in [0.29, 0.717) is 5.75 Å². The van der Waals surface area contributed by atoms with E-state index in [0.717, 1.165) is 5.56 Å². The number of carbonyl (C=O) groups is 2. The predicted octanol–water partition coefficient (Wildman–Crippen LogP) is 0.791. The molecule has 0 aliphatic heterocycles. The monoisotopic (exact) mass is 237 g/mol. The minimum atomic E-state index is -0.781. The molecular formula is C12H15NO4. The van der Waals surface area contributed by atoms with Gasteiger partial charge in [-0.15, -0.1) is 0 Å². The number of ether oxygens (including phenoxy) is 2. The van der Waals surface area contributed by atoms with Crippen LogP contribution < -0.4 is 10.5 Å². The first-order valence-corrected chi connectivity index (χ1v) is 5.17. The second kappa shape index (κ2) is 5.89. The number of hydrogen-bond acceptors (Lipinski definition) is 4. The Labute approximate surface area is 99.5 Å². The molecule has 5 nitrogen and oxygen atoms in total. The molecule has 0 spiro atoms. The molecule has 17 heavy (non-hydrogen) atoms. The molecular weight excluding hydrogens is 222 g/mol. The highest BCUT2D eigenvalue weighted by Crippen LogP contribution is 2.14. The average Bonchev–Trinajstić information content (AvgIpc) is 2.25. The van der Waals surface area contributed by atoms with Gasteiger partial charge in [-0.25, -0.2) is 4.79 Å². The van der Waals surface area contributed by atoms with Gasteiger partial charge in [0, 0.05) is 0 Å². The van der Waals surface area contributed by atoms with Crippen LogP contribution in [0.1, 0.15) is 12.5 Å². The highest BCUT2D eigenvalue weighted by Gasteiger charge is 2.16. The van der Waals surface area contributed by atoms with Crippen LogP contribution in [-0.4, -0.2) is 24.6 Å². The summed E-state index contributed by atoms with van der Waals surface area (Å²) in [6, 6.07) is 7.29. The zero-order chi connectivity index (χ0) is 12.8. The third kappa shape index (κ3) is 4.55. The van der Waals surface area contributed by atoms with Gasteiger partial charge in [0.2, 0.25) is 0 Å². The number of carbonyl (C=O) groups excluding carboxylic acids is 2. The largest absolute Gasteiger partial charge is 0.479 e. The highest BCUT2D eigenvalue weighted by atomic mass is 16.6. The Kier molecular flexibility index (Phi) is 4.51. The van der Waals surface area contributed by atoms with Crippen LogP contribution in [0.15, 0.2) is 24.3 Å². The topological polar surface area (TPSA) is 78.6 Å². The molecule has 0 unspecified atom stereocenters. The number of hydrogen-bond donors (Lipinski definition) is 1. The molecule has 1 atom stereocenters. The maximum atomic E-state index is 11.4. The molecule has 1 rings (SSSR count). The summed E-state index contributed by atoms with van der Waals surface area (Å²) in [6.45, 7) is 3.04. The summed E-state index contributed by atoms with van der Waals surface area (Å²) in [6.07, 6.45) is -0.781. The van der Waals surface area contributed by atoms with E-state index in [1.165, 1.54) is 0 Å². The molecule has 0 fully saturated rings. The smallest absolute Gasteiger partial charge is 0.347 e. The summed E-state index contributed by atoms with van der Waals surface area (Å²) in [5, 5.41) is 0. The molecule has 92 valence electrons. The summed E-state index contributed by atoms with van der Waals surface area (Å²) in [7, 11) is 0. The summed E-state index contributed by atoms with van der Waals surface area (Å²) in [5.41, 5.74) is 5.88. The minimum absolute atomic E-state index is 0.430. The second-order valence-corrected chi connectivity index (χ2v) is 3.65.